The lowest BCUT2D eigenvalue weighted by molar-refractivity contribution is 0.0991. The van der Waals surface area contributed by atoms with E-state index in [2.05, 4.69) is 15.4 Å². The Morgan fingerprint density at radius 1 is 1.06 bits per heavy atom. The Bertz CT molecular complexity index is 1210. The van der Waals surface area contributed by atoms with E-state index in [-0.39, 0.29) is 18.3 Å². The third-order valence-electron chi connectivity index (χ3n) is 4.95. The van der Waals surface area contributed by atoms with Gasteiger partial charge in [0, 0.05) is 0 Å². The number of rotatable bonds is 7. The highest BCUT2D eigenvalue weighted by molar-refractivity contribution is 6.01. The molecule has 0 aliphatic heterocycles. The van der Waals surface area contributed by atoms with Crippen LogP contribution in [0.1, 0.15) is 38.6 Å². The van der Waals surface area contributed by atoms with Crippen LogP contribution in [0.2, 0.25) is 0 Å². The first-order valence-electron chi connectivity index (χ1n) is 10.0. The van der Waals surface area contributed by atoms with Crippen molar-refractivity contribution in [2.24, 2.45) is 0 Å². The number of benzene rings is 2. The molecule has 31 heavy (non-hydrogen) atoms. The zero-order valence-electron chi connectivity index (χ0n) is 17.8. The molecule has 2 heterocycles. The van der Waals surface area contributed by atoms with Crippen LogP contribution in [-0.2, 0) is 13.2 Å². The van der Waals surface area contributed by atoms with E-state index < -0.39 is 5.91 Å². The van der Waals surface area contributed by atoms with Gasteiger partial charge >= 0.3 is 0 Å². The second-order valence-electron chi connectivity index (χ2n) is 7.47. The van der Waals surface area contributed by atoms with Gasteiger partial charge in [-0.25, -0.2) is 9.67 Å². The third kappa shape index (κ3) is 5.01. The van der Waals surface area contributed by atoms with Gasteiger partial charge in [-0.3, -0.25) is 10.1 Å². The van der Waals surface area contributed by atoms with Gasteiger partial charge in [0.05, 0.1) is 6.54 Å². The van der Waals surface area contributed by atoms with Gasteiger partial charge in [0.2, 0.25) is 5.95 Å². The molecule has 0 spiro atoms. The van der Waals surface area contributed by atoms with Gasteiger partial charge in [-0.1, -0.05) is 36.4 Å². The molecule has 0 bridgehead atoms. The standard InChI is InChI=1S/C24H24N4O3/c1-16-8-9-18(3)22(12-16)30-14-20-10-11-21(31-20)23(29)26-24-25-15-28(27-24)13-19-7-5-4-6-17(19)2/h4-12,15H,13-14H2,1-3H3,(H,26,27,29). The summed E-state index contributed by atoms with van der Waals surface area (Å²) in [5.41, 5.74) is 4.48. The highest BCUT2D eigenvalue weighted by Gasteiger charge is 2.14. The van der Waals surface area contributed by atoms with Gasteiger partial charge in [-0.05, 0) is 61.2 Å². The maximum absolute atomic E-state index is 12.5. The topological polar surface area (TPSA) is 82.2 Å². The zero-order chi connectivity index (χ0) is 21.8. The minimum Gasteiger partial charge on any atom is -0.485 e. The Labute approximate surface area is 180 Å². The lowest BCUT2D eigenvalue weighted by Gasteiger charge is -2.08. The lowest BCUT2D eigenvalue weighted by atomic mass is 10.1. The van der Waals surface area contributed by atoms with Crippen LogP contribution >= 0.6 is 0 Å². The van der Waals surface area contributed by atoms with Crippen molar-refractivity contribution in [3.05, 3.63) is 94.7 Å². The number of hydrogen-bond donors (Lipinski definition) is 1. The van der Waals surface area contributed by atoms with Crippen LogP contribution < -0.4 is 10.1 Å². The average molecular weight is 416 g/mol. The largest absolute Gasteiger partial charge is 0.485 e. The molecular formula is C24H24N4O3. The highest BCUT2D eigenvalue weighted by Crippen LogP contribution is 2.21. The van der Waals surface area contributed by atoms with Gasteiger partial charge < -0.3 is 9.15 Å². The summed E-state index contributed by atoms with van der Waals surface area (Å²) in [6, 6.07) is 17.4. The molecule has 0 aliphatic rings. The fraction of sp³-hybridized carbons (Fsp3) is 0.208. The summed E-state index contributed by atoms with van der Waals surface area (Å²) in [4.78, 5) is 16.6. The van der Waals surface area contributed by atoms with E-state index in [9.17, 15) is 4.79 Å². The molecule has 0 radical (unpaired) electrons. The van der Waals surface area contributed by atoms with Crippen LogP contribution in [0.4, 0.5) is 5.95 Å². The van der Waals surface area contributed by atoms with Crippen molar-refractivity contribution in [2.75, 3.05) is 5.32 Å². The summed E-state index contributed by atoms with van der Waals surface area (Å²) >= 11 is 0. The molecule has 0 aliphatic carbocycles. The van der Waals surface area contributed by atoms with E-state index in [4.69, 9.17) is 9.15 Å². The SMILES string of the molecule is Cc1ccc(C)c(OCc2ccc(C(=O)Nc3ncn(Cc4ccccc4C)n3)o2)c1. The van der Waals surface area contributed by atoms with Crippen LogP contribution in [0.3, 0.4) is 0 Å². The molecule has 0 saturated heterocycles. The molecule has 4 rings (SSSR count). The molecule has 1 amide bonds. The fourth-order valence-electron chi connectivity index (χ4n) is 3.14. The second kappa shape index (κ2) is 8.87. The predicted molar refractivity (Wildman–Crippen MR) is 117 cm³/mol. The van der Waals surface area contributed by atoms with Gasteiger partial charge in [0.15, 0.2) is 5.76 Å². The van der Waals surface area contributed by atoms with Crippen LogP contribution in [0.15, 0.2) is 65.3 Å². The molecule has 7 nitrogen and oxygen atoms in total. The van der Waals surface area contributed by atoms with Crippen LogP contribution in [0, 0.1) is 20.8 Å². The number of amides is 1. The number of hydrogen-bond acceptors (Lipinski definition) is 5. The summed E-state index contributed by atoms with van der Waals surface area (Å²) in [5.74, 6) is 1.35. The first-order valence-corrected chi connectivity index (χ1v) is 10.0. The third-order valence-corrected chi connectivity index (χ3v) is 4.95. The molecule has 2 aromatic carbocycles. The maximum atomic E-state index is 12.5. The summed E-state index contributed by atoms with van der Waals surface area (Å²) in [5, 5.41) is 6.99. The molecule has 158 valence electrons. The van der Waals surface area contributed by atoms with Gasteiger partial charge in [-0.15, -0.1) is 5.10 Å². The number of aryl methyl sites for hydroxylation is 3. The van der Waals surface area contributed by atoms with Gasteiger partial charge in [-0.2, -0.15) is 0 Å². The Kier molecular flexibility index (Phi) is 5.84. The monoisotopic (exact) mass is 416 g/mol. The molecule has 4 aromatic rings. The van der Waals surface area contributed by atoms with Crippen LogP contribution in [0.25, 0.3) is 0 Å². The predicted octanol–water partition coefficient (Wildman–Crippen LogP) is 4.68. The number of ether oxygens (including phenoxy) is 1. The number of furan rings is 1. The first kappa shape index (κ1) is 20.4. The minimum atomic E-state index is -0.411. The van der Waals surface area contributed by atoms with E-state index in [0.29, 0.717) is 12.3 Å². The molecular weight excluding hydrogens is 392 g/mol. The van der Waals surface area contributed by atoms with Crippen LogP contribution in [-0.4, -0.2) is 20.7 Å². The van der Waals surface area contributed by atoms with Crippen molar-refractivity contribution in [3.63, 3.8) is 0 Å². The van der Waals surface area contributed by atoms with E-state index in [1.165, 1.54) is 5.56 Å². The summed E-state index contributed by atoms with van der Waals surface area (Å²) in [6.07, 6.45) is 1.59. The van der Waals surface area contributed by atoms with E-state index in [0.717, 1.165) is 22.4 Å². The molecule has 0 fully saturated rings. The number of aromatic nitrogens is 3. The fourth-order valence-corrected chi connectivity index (χ4v) is 3.14. The second-order valence-corrected chi connectivity index (χ2v) is 7.47. The van der Waals surface area contributed by atoms with Crippen molar-refractivity contribution in [1.82, 2.24) is 14.8 Å². The smallest absolute Gasteiger partial charge is 0.293 e. The Hall–Kier alpha value is -3.87. The van der Waals surface area contributed by atoms with E-state index in [1.807, 2.05) is 63.2 Å². The summed E-state index contributed by atoms with van der Waals surface area (Å²) < 4.78 is 13.1. The van der Waals surface area contributed by atoms with Crippen molar-refractivity contribution < 1.29 is 13.9 Å². The van der Waals surface area contributed by atoms with Gasteiger partial charge in [0.25, 0.3) is 5.91 Å². The maximum Gasteiger partial charge on any atom is 0.293 e. The van der Waals surface area contributed by atoms with Crippen LogP contribution in [0.5, 0.6) is 5.75 Å². The summed E-state index contributed by atoms with van der Waals surface area (Å²) in [7, 11) is 0. The molecule has 2 aromatic heterocycles. The summed E-state index contributed by atoms with van der Waals surface area (Å²) in [6.45, 7) is 6.86. The zero-order valence-corrected chi connectivity index (χ0v) is 17.8. The first-order chi connectivity index (χ1) is 15.0. The number of anilines is 1. The van der Waals surface area contributed by atoms with Crippen molar-refractivity contribution in [3.8, 4) is 5.75 Å². The molecule has 7 heteroatoms. The lowest BCUT2D eigenvalue weighted by Crippen LogP contribution is -2.12. The normalized spacial score (nSPS) is 10.8. The number of carbonyl (C=O) groups excluding carboxylic acids is 1. The minimum absolute atomic E-state index is 0.176. The molecule has 0 saturated carbocycles. The Morgan fingerprint density at radius 3 is 2.74 bits per heavy atom. The van der Waals surface area contributed by atoms with E-state index in [1.54, 1.807) is 23.1 Å². The Balaban J connectivity index is 1.35. The Morgan fingerprint density at radius 2 is 1.90 bits per heavy atom. The quantitative estimate of drug-likeness (QED) is 0.473. The highest BCUT2D eigenvalue weighted by atomic mass is 16.5. The number of nitrogens with zero attached hydrogens (tertiary/aromatic N) is 3. The average Bonchev–Trinajstić information content (AvgIpc) is 3.40. The van der Waals surface area contributed by atoms with Crippen molar-refractivity contribution >= 4 is 11.9 Å². The van der Waals surface area contributed by atoms with Crippen molar-refractivity contribution in [1.29, 1.82) is 0 Å². The number of nitrogens with one attached hydrogen (secondary N) is 1. The molecule has 0 atom stereocenters. The molecule has 0 unspecified atom stereocenters. The van der Waals surface area contributed by atoms with Crippen molar-refractivity contribution in [2.45, 2.75) is 33.9 Å². The molecule has 1 N–H and O–H groups in total. The van der Waals surface area contributed by atoms with Gasteiger partial charge in [0.1, 0.15) is 24.4 Å². The van der Waals surface area contributed by atoms with E-state index >= 15 is 0 Å². The number of carbonyl (C=O) groups is 1.